The third-order valence-corrected chi connectivity index (χ3v) is 6.37. The number of halogens is 3. The first-order valence-corrected chi connectivity index (χ1v) is 11.8. The zero-order valence-corrected chi connectivity index (χ0v) is 19.1. The van der Waals surface area contributed by atoms with Gasteiger partial charge in [0.1, 0.15) is 12.1 Å². The third-order valence-electron chi connectivity index (χ3n) is 6.37. The molecule has 1 saturated carbocycles. The number of ether oxygens (including phenoxy) is 1. The fourth-order valence-corrected chi connectivity index (χ4v) is 4.51. The maximum absolute atomic E-state index is 13.4. The molecule has 1 fully saturated rings. The Labute approximate surface area is 201 Å². The van der Waals surface area contributed by atoms with E-state index in [0.717, 1.165) is 35.9 Å². The Hall–Kier alpha value is -3.68. The van der Waals surface area contributed by atoms with Crippen LogP contribution in [0.25, 0.3) is 22.2 Å². The summed E-state index contributed by atoms with van der Waals surface area (Å²) in [7, 11) is 0. The van der Waals surface area contributed by atoms with Gasteiger partial charge in [-0.1, -0.05) is 31.4 Å². The van der Waals surface area contributed by atoms with Gasteiger partial charge in [0.2, 0.25) is 5.88 Å². The number of nitrogens with zero attached hydrogens (tertiary/aromatic N) is 3. The number of benzene rings is 2. The van der Waals surface area contributed by atoms with Crippen molar-refractivity contribution >= 4 is 16.6 Å². The fourth-order valence-electron chi connectivity index (χ4n) is 4.51. The monoisotopic (exact) mass is 478 g/mol. The van der Waals surface area contributed by atoms with E-state index in [0.29, 0.717) is 41.0 Å². The predicted octanol–water partition coefficient (Wildman–Crippen LogP) is 7.50. The summed E-state index contributed by atoms with van der Waals surface area (Å²) < 4.78 is 46.2. The summed E-state index contributed by atoms with van der Waals surface area (Å²) in [6.45, 7) is 0.632. The molecule has 35 heavy (non-hydrogen) atoms. The Morgan fingerprint density at radius 1 is 0.914 bits per heavy atom. The summed E-state index contributed by atoms with van der Waals surface area (Å²) >= 11 is 0. The van der Waals surface area contributed by atoms with Crippen LogP contribution in [0.5, 0.6) is 11.6 Å². The number of nitrogens with one attached hydrogen (secondary N) is 1. The number of pyridine rings is 1. The average Bonchev–Trinajstić information content (AvgIpc) is 2.87. The Kier molecular flexibility index (Phi) is 6.53. The van der Waals surface area contributed by atoms with Gasteiger partial charge < -0.3 is 10.1 Å². The first-order chi connectivity index (χ1) is 17.0. The zero-order valence-electron chi connectivity index (χ0n) is 19.1. The molecule has 8 heteroatoms. The highest BCUT2D eigenvalue weighted by Crippen LogP contribution is 2.37. The van der Waals surface area contributed by atoms with E-state index in [9.17, 15) is 13.2 Å². The minimum atomic E-state index is -4.43. The molecule has 0 spiro atoms. The smallest absolute Gasteiger partial charge is 0.416 e. The lowest BCUT2D eigenvalue weighted by Crippen LogP contribution is -2.18. The molecule has 0 bridgehead atoms. The number of hydrogen-bond donors (Lipinski definition) is 1. The van der Waals surface area contributed by atoms with Crippen LogP contribution in [0.4, 0.5) is 18.9 Å². The van der Waals surface area contributed by atoms with E-state index >= 15 is 0 Å². The summed E-state index contributed by atoms with van der Waals surface area (Å²) in [5, 5.41) is 4.26. The van der Waals surface area contributed by atoms with E-state index in [1.165, 1.54) is 31.7 Å². The number of aromatic nitrogens is 3. The maximum atomic E-state index is 13.4. The van der Waals surface area contributed by atoms with Crippen molar-refractivity contribution in [3.05, 3.63) is 72.7 Å². The van der Waals surface area contributed by atoms with E-state index in [4.69, 9.17) is 4.74 Å². The zero-order chi connectivity index (χ0) is 24.3. The maximum Gasteiger partial charge on any atom is 0.416 e. The van der Waals surface area contributed by atoms with E-state index < -0.39 is 11.7 Å². The topological polar surface area (TPSA) is 59.9 Å². The molecule has 1 N–H and O–H groups in total. The van der Waals surface area contributed by atoms with Crippen LogP contribution in [-0.4, -0.2) is 21.5 Å². The highest BCUT2D eigenvalue weighted by Gasteiger charge is 2.31. The summed E-state index contributed by atoms with van der Waals surface area (Å²) in [4.78, 5) is 12.9. The van der Waals surface area contributed by atoms with Crippen molar-refractivity contribution < 1.29 is 17.9 Å². The number of alkyl halides is 3. The molecule has 2 aromatic carbocycles. The summed E-state index contributed by atoms with van der Waals surface area (Å²) in [5.74, 6) is 1.31. The third kappa shape index (κ3) is 5.53. The molecule has 5 rings (SSSR count). The molecule has 1 aliphatic carbocycles. The fraction of sp³-hybridized carbons (Fsp3) is 0.296. The second-order valence-corrected chi connectivity index (χ2v) is 8.84. The van der Waals surface area contributed by atoms with Gasteiger partial charge in [-0.2, -0.15) is 13.2 Å². The molecule has 180 valence electrons. The molecule has 0 atom stereocenters. The van der Waals surface area contributed by atoms with Crippen LogP contribution in [0, 0.1) is 5.92 Å². The lowest BCUT2D eigenvalue weighted by molar-refractivity contribution is -0.137. The molecule has 5 nitrogen and oxygen atoms in total. The summed E-state index contributed by atoms with van der Waals surface area (Å²) in [6.07, 6.45) is 4.37. The Balaban J connectivity index is 1.43. The summed E-state index contributed by atoms with van der Waals surface area (Å²) in [5.41, 5.74) is 1.55. The van der Waals surface area contributed by atoms with Crippen molar-refractivity contribution in [2.24, 2.45) is 5.92 Å². The Morgan fingerprint density at radius 3 is 2.60 bits per heavy atom. The molecule has 0 aliphatic heterocycles. The standard InChI is InChI=1S/C27H25F3N4O/c28-27(29,30)20-9-11-22(24(13-20)32-16-18-5-2-1-3-6-18)25-15-26(34-17-33-25)35-21-10-8-19-7-4-12-31-23(19)14-21/h4,7-15,17-18,32H,1-3,5-6,16H2. The SMILES string of the molecule is FC(F)(F)c1ccc(-c2cc(Oc3ccc4cccnc4c3)ncn2)c(NCC2CCCCC2)c1. The molecule has 1 aliphatic rings. The Bertz CT molecular complexity index is 1320. The highest BCUT2D eigenvalue weighted by molar-refractivity contribution is 5.80. The Morgan fingerprint density at radius 2 is 1.77 bits per heavy atom. The van der Waals surface area contributed by atoms with Gasteiger partial charge in [-0.05, 0) is 49.1 Å². The van der Waals surface area contributed by atoms with Gasteiger partial charge in [0, 0.05) is 41.5 Å². The number of rotatable bonds is 6. The molecule has 4 aromatic rings. The second kappa shape index (κ2) is 9.90. The quantitative estimate of drug-likeness (QED) is 0.311. The molecule has 0 radical (unpaired) electrons. The first-order valence-electron chi connectivity index (χ1n) is 11.8. The molecular formula is C27H25F3N4O. The van der Waals surface area contributed by atoms with Crippen LogP contribution in [0.1, 0.15) is 37.7 Å². The van der Waals surface area contributed by atoms with Crippen molar-refractivity contribution in [3.8, 4) is 22.9 Å². The van der Waals surface area contributed by atoms with Gasteiger partial charge >= 0.3 is 6.18 Å². The number of fused-ring (bicyclic) bond motifs is 1. The van der Waals surface area contributed by atoms with Crippen LogP contribution in [-0.2, 0) is 6.18 Å². The summed E-state index contributed by atoms with van der Waals surface area (Å²) in [6, 6.07) is 14.7. The van der Waals surface area contributed by atoms with Crippen molar-refractivity contribution in [2.75, 3.05) is 11.9 Å². The van der Waals surface area contributed by atoms with Crippen LogP contribution in [0.15, 0.2) is 67.1 Å². The predicted molar refractivity (Wildman–Crippen MR) is 129 cm³/mol. The largest absolute Gasteiger partial charge is 0.439 e. The van der Waals surface area contributed by atoms with Crippen LogP contribution in [0.3, 0.4) is 0 Å². The normalized spacial score (nSPS) is 14.7. The number of anilines is 1. The number of hydrogen-bond acceptors (Lipinski definition) is 5. The van der Waals surface area contributed by atoms with Crippen molar-refractivity contribution in [2.45, 2.75) is 38.3 Å². The van der Waals surface area contributed by atoms with E-state index in [2.05, 4.69) is 20.3 Å². The van der Waals surface area contributed by atoms with Crippen LogP contribution < -0.4 is 10.1 Å². The van der Waals surface area contributed by atoms with Crippen LogP contribution >= 0.6 is 0 Å². The lowest BCUT2D eigenvalue weighted by Gasteiger charge is -2.23. The van der Waals surface area contributed by atoms with E-state index in [1.54, 1.807) is 12.3 Å². The van der Waals surface area contributed by atoms with Gasteiger partial charge in [0.05, 0.1) is 16.8 Å². The van der Waals surface area contributed by atoms with Gasteiger partial charge in [0.15, 0.2) is 0 Å². The van der Waals surface area contributed by atoms with Gasteiger partial charge in [-0.3, -0.25) is 4.98 Å². The van der Waals surface area contributed by atoms with Crippen molar-refractivity contribution in [1.82, 2.24) is 15.0 Å². The molecule has 0 amide bonds. The van der Waals surface area contributed by atoms with Crippen molar-refractivity contribution in [3.63, 3.8) is 0 Å². The molecule has 0 unspecified atom stereocenters. The highest BCUT2D eigenvalue weighted by atomic mass is 19.4. The second-order valence-electron chi connectivity index (χ2n) is 8.84. The molecule has 2 aromatic heterocycles. The van der Waals surface area contributed by atoms with E-state index in [-0.39, 0.29) is 0 Å². The molecule has 0 saturated heterocycles. The van der Waals surface area contributed by atoms with Gasteiger partial charge in [-0.15, -0.1) is 0 Å². The van der Waals surface area contributed by atoms with Gasteiger partial charge in [-0.25, -0.2) is 9.97 Å². The molecule has 2 heterocycles. The van der Waals surface area contributed by atoms with Gasteiger partial charge in [0.25, 0.3) is 0 Å². The minimum Gasteiger partial charge on any atom is -0.439 e. The molecular weight excluding hydrogens is 453 g/mol. The van der Waals surface area contributed by atoms with Crippen molar-refractivity contribution in [1.29, 1.82) is 0 Å². The van der Waals surface area contributed by atoms with E-state index in [1.807, 2.05) is 30.3 Å². The van der Waals surface area contributed by atoms with Crippen LogP contribution in [0.2, 0.25) is 0 Å². The minimum absolute atomic E-state index is 0.295. The first kappa shape index (κ1) is 23.1. The lowest BCUT2D eigenvalue weighted by atomic mass is 9.89. The average molecular weight is 479 g/mol.